The number of nitrogens with zero attached hydrogens (tertiary/aromatic N) is 2. The molecule has 4 rings (SSSR count). The summed E-state index contributed by atoms with van der Waals surface area (Å²) in [4.78, 5) is 27.2. The summed E-state index contributed by atoms with van der Waals surface area (Å²) in [5.41, 5.74) is 1.25. The number of nitro benzene ring substituents is 1. The minimum absolute atomic E-state index is 0.0530. The maximum Gasteiger partial charge on any atom is 0.288 e. The molecule has 0 aliphatic heterocycles. The van der Waals surface area contributed by atoms with Gasteiger partial charge in [-0.2, -0.15) is 0 Å². The standard InChI is InChI=1S/C20H11Cl2N3O5/c21-11-2-6-18-15(8-11)24-20(30-18)13-9-12(3-5-17(13)26)23-19(27)10-1-4-14(22)16(7-10)25(28)29/h1-9,26H,(H,23,27). The number of rotatable bonds is 4. The van der Waals surface area contributed by atoms with Crippen LogP contribution in [0.25, 0.3) is 22.6 Å². The van der Waals surface area contributed by atoms with Gasteiger partial charge in [0.2, 0.25) is 5.89 Å². The molecule has 4 aromatic rings. The molecule has 0 spiro atoms. The lowest BCUT2D eigenvalue weighted by molar-refractivity contribution is -0.384. The molecule has 150 valence electrons. The largest absolute Gasteiger partial charge is 0.507 e. The summed E-state index contributed by atoms with van der Waals surface area (Å²) in [6, 6.07) is 13.0. The van der Waals surface area contributed by atoms with Gasteiger partial charge in [0.15, 0.2) is 5.58 Å². The maximum atomic E-state index is 12.5. The average molecular weight is 444 g/mol. The number of nitro groups is 1. The highest BCUT2D eigenvalue weighted by Gasteiger charge is 2.18. The predicted molar refractivity (Wildman–Crippen MR) is 112 cm³/mol. The number of anilines is 1. The molecule has 1 aromatic heterocycles. The van der Waals surface area contributed by atoms with Gasteiger partial charge in [-0.3, -0.25) is 14.9 Å². The monoisotopic (exact) mass is 443 g/mol. The van der Waals surface area contributed by atoms with Crippen molar-refractivity contribution >= 4 is 51.6 Å². The molecular weight excluding hydrogens is 433 g/mol. The fourth-order valence-corrected chi connectivity index (χ4v) is 3.15. The highest BCUT2D eigenvalue weighted by Crippen LogP contribution is 2.34. The molecular formula is C20H11Cl2N3O5. The molecule has 30 heavy (non-hydrogen) atoms. The van der Waals surface area contributed by atoms with Crippen LogP contribution in [0.15, 0.2) is 59.0 Å². The van der Waals surface area contributed by atoms with Crippen LogP contribution >= 0.6 is 23.2 Å². The Bertz CT molecular complexity index is 1320. The van der Waals surface area contributed by atoms with Crippen LogP contribution in [0, 0.1) is 10.1 Å². The first-order chi connectivity index (χ1) is 14.3. The number of carbonyl (C=O) groups excluding carboxylic acids is 1. The van der Waals surface area contributed by atoms with Crippen molar-refractivity contribution in [2.75, 3.05) is 5.32 Å². The Balaban J connectivity index is 1.65. The van der Waals surface area contributed by atoms with Crippen LogP contribution in [0.3, 0.4) is 0 Å². The van der Waals surface area contributed by atoms with Crippen LogP contribution in [0.4, 0.5) is 11.4 Å². The summed E-state index contributed by atoms with van der Waals surface area (Å²) in [5.74, 6) is -0.550. The van der Waals surface area contributed by atoms with Gasteiger partial charge in [0.1, 0.15) is 16.3 Å². The molecule has 10 heteroatoms. The molecule has 0 atom stereocenters. The third-order valence-corrected chi connectivity index (χ3v) is 4.79. The minimum Gasteiger partial charge on any atom is -0.507 e. The molecule has 8 nitrogen and oxygen atoms in total. The highest BCUT2D eigenvalue weighted by atomic mass is 35.5. The van der Waals surface area contributed by atoms with Gasteiger partial charge in [0.25, 0.3) is 11.6 Å². The summed E-state index contributed by atoms with van der Waals surface area (Å²) in [7, 11) is 0. The van der Waals surface area contributed by atoms with Crippen LogP contribution < -0.4 is 5.32 Å². The lowest BCUT2D eigenvalue weighted by atomic mass is 10.1. The van der Waals surface area contributed by atoms with Crippen molar-refractivity contribution in [3.8, 4) is 17.2 Å². The number of oxazole rings is 1. The first-order valence-electron chi connectivity index (χ1n) is 8.46. The number of phenolic OH excluding ortho intramolecular Hbond substituents is 1. The van der Waals surface area contributed by atoms with Gasteiger partial charge >= 0.3 is 0 Å². The molecule has 0 bridgehead atoms. The van der Waals surface area contributed by atoms with Gasteiger partial charge in [0, 0.05) is 22.3 Å². The van der Waals surface area contributed by atoms with Crippen LogP contribution in [-0.2, 0) is 0 Å². The number of carbonyl (C=O) groups is 1. The molecule has 0 fully saturated rings. The Morgan fingerprint density at radius 3 is 2.67 bits per heavy atom. The second kappa shape index (κ2) is 7.66. The third-order valence-electron chi connectivity index (χ3n) is 4.24. The van der Waals surface area contributed by atoms with E-state index in [1.54, 1.807) is 18.2 Å². The van der Waals surface area contributed by atoms with E-state index in [2.05, 4.69) is 10.3 Å². The number of nitrogens with one attached hydrogen (secondary N) is 1. The van der Waals surface area contributed by atoms with Gasteiger partial charge in [-0.15, -0.1) is 0 Å². The number of aromatic hydroxyl groups is 1. The van der Waals surface area contributed by atoms with E-state index in [4.69, 9.17) is 27.6 Å². The Morgan fingerprint density at radius 1 is 1.10 bits per heavy atom. The number of aromatic nitrogens is 1. The van der Waals surface area contributed by atoms with Crippen molar-refractivity contribution in [3.05, 3.63) is 80.3 Å². The number of phenols is 1. The molecule has 0 unspecified atom stereocenters. The van der Waals surface area contributed by atoms with Crippen LogP contribution in [0.1, 0.15) is 10.4 Å². The molecule has 1 heterocycles. The van der Waals surface area contributed by atoms with E-state index in [0.717, 1.165) is 6.07 Å². The molecule has 0 aliphatic rings. The van der Waals surface area contributed by atoms with E-state index in [1.807, 2.05) is 0 Å². The van der Waals surface area contributed by atoms with Gasteiger partial charge in [-0.25, -0.2) is 4.98 Å². The number of fused-ring (bicyclic) bond motifs is 1. The zero-order valence-corrected chi connectivity index (χ0v) is 16.4. The number of halogens is 2. The highest BCUT2D eigenvalue weighted by molar-refractivity contribution is 6.32. The number of hydrogen-bond acceptors (Lipinski definition) is 6. The van der Waals surface area contributed by atoms with E-state index in [9.17, 15) is 20.0 Å². The number of benzene rings is 3. The summed E-state index contributed by atoms with van der Waals surface area (Å²) in [6.07, 6.45) is 0. The molecule has 2 N–H and O–H groups in total. The molecule has 0 radical (unpaired) electrons. The SMILES string of the molecule is O=C(Nc1ccc(O)c(-c2nc3cc(Cl)ccc3o2)c1)c1ccc(Cl)c([N+](=O)[O-])c1. The molecule has 3 aromatic carbocycles. The lowest BCUT2D eigenvalue weighted by Crippen LogP contribution is -2.12. The third kappa shape index (κ3) is 3.78. The topological polar surface area (TPSA) is 118 Å². The molecule has 0 saturated heterocycles. The minimum atomic E-state index is -0.669. The summed E-state index contributed by atoms with van der Waals surface area (Å²) >= 11 is 11.7. The fourth-order valence-electron chi connectivity index (χ4n) is 2.80. The first kappa shape index (κ1) is 19.7. The fraction of sp³-hybridized carbons (Fsp3) is 0. The average Bonchev–Trinajstić information content (AvgIpc) is 3.12. The predicted octanol–water partition coefficient (Wildman–Crippen LogP) is 5.67. The quantitative estimate of drug-likeness (QED) is 0.238. The van der Waals surface area contributed by atoms with Crippen molar-refractivity contribution in [1.82, 2.24) is 4.98 Å². The molecule has 0 aliphatic carbocycles. The van der Waals surface area contributed by atoms with E-state index in [-0.39, 0.29) is 33.5 Å². The summed E-state index contributed by atoms with van der Waals surface area (Å²) < 4.78 is 5.66. The molecule has 0 saturated carbocycles. The first-order valence-corrected chi connectivity index (χ1v) is 9.22. The summed E-state index contributed by atoms with van der Waals surface area (Å²) in [6.45, 7) is 0. The Morgan fingerprint density at radius 2 is 1.90 bits per heavy atom. The smallest absolute Gasteiger partial charge is 0.288 e. The van der Waals surface area contributed by atoms with Crippen LogP contribution in [-0.4, -0.2) is 20.9 Å². The number of amides is 1. The van der Waals surface area contributed by atoms with Crippen molar-refractivity contribution in [1.29, 1.82) is 0 Å². The van der Waals surface area contributed by atoms with Crippen LogP contribution in [0.2, 0.25) is 10.0 Å². The van der Waals surface area contributed by atoms with E-state index >= 15 is 0 Å². The normalized spacial score (nSPS) is 10.9. The maximum absolute atomic E-state index is 12.5. The Kier molecular flexibility index (Phi) is 5.03. The second-order valence-corrected chi connectivity index (χ2v) is 7.08. The Hall–Kier alpha value is -3.62. The van der Waals surface area contributed by atoms with Gasteiger partial charge < -0.3 is 14.8 Å². The number of hydrogen-bond donors (Lipinski definition) is 2. The second-order valence-electron chi connectivity index (χ2n) is 6.24. The van der Waals surface area contributed by atoms with Crippen molar-refractivity contribution in [3.63, 3.8) is 0 Å². The zero-order chi connectivity index (χ0) is 21.4. The van der Waals surface area contributed by atoms with E-state index in [0.29, 0.717) is 21.8 Å². The van der Waals surface area contributed by atoms with Crippen molar-refractivity contribution in [2.45, 2.75) is 0 Å². The van der Waals surface area contributed by atoms with Gasteiger partial charge in [-0.1, -0.05) is 23.2 Å². The zero-order valence-electron chi connectivity index (χ0n) is 14.9. The summed E-state index contributed by atoms with van der Waals surface area (Å²) in [5, 5.41) is 24.3. The van der Waals surface area contributed by atoms with Crippen LogP contribution in [0.5, 0.6) is 5.75 Å². The van der Waals surface area contributed by atoms with E-state index < -0.39 is 10.8 Å². The Labute approximate surface area is 178 Å². The molecule has 1 amide bonds. The van der Waals surface area contributed by atoms with Gasteiger partial charge in [-0.05, 0) is 48.5 Å². The van der Waals surface area contributed by atoms with E-state index in [1.165, 1.54) is 30.3 Å². The van der Waals surface area contributed by atoms with Crippen molar-refractivity contribution in [2.24, 2.45) is 0 Å². The van der Waals surface area contributed by atoms with Crippen molar-refractivity contribution < 1.29 is 19.2 Å². The van der Waals surface area contributed by atoms with Gasteiger partial charge in [0.05, 0.1) is 10.5 Å². The lowest BCUT2D eigenvalue weighted by Gasteiger charge is -2.08.